The fraction of sp³-hybridized carbons (Fsp3) is 0.278. The summed E-state index contributed by atoms with van der Waals surface area (Å²) in [7, 11) is 0. The number of rotatable bonds is 3. The molecular formula is C18H19N3O3. The summed E-state index contributed by atoms with van der Waals surface area (Å²) in [6.45, 7) is 4.12. The lowest BCUT2D eigenvalue weighted by molar-refractivity contribution is -0.116. The second-order valence-electron chi connectivity index (χ2n) is 5.58. The van der Waals surface area contributed by atoms with E-state index in [2.05, 4.69) is 10.3 Å². The average Bonchev–Trinajstić information content (AvgIpc) is 2.69. The van der Waals surface area contributed by atoms with Crippen LogP contribution in [0.25, 0.3) is 0 Å². The van der Waals surface area contributed by atoms with Crippen LogP contribution in [-0.4, -0.2) is 29.4 Å². The summed E-state index contributed by atoms with van der Waals surface area (Å²) in [6.07, 6.45) is 1.82. The molecule has 1 aromatic carbocycles. The molecule has 0 saturated carbocycles. The highest BCUT2D eigenvalue weighted by Gasteiger charge is 2.31. The van der Waals surface area contributed by atoms with Gasteiger partial charge in [0.2, 0.25) is 11.8 Å². The molecule has 6 nitrogen and oxygen atoms in total. The Bertz CT molecular complexity index is 776. The number of fused-ring (bicyclic) bond motifs is 1. The molecule has 0 spiro atoms. The number of benzene rings is 1. The van der Waals surface area contributed by atoms with Gasteiger partial charge in [0.15, 0.2) is 0 Å². The first-order valence-corrected chi connectivity index (χ1v) is 7.92. The SMILES string of the molecule is CCOc1ncccc1C(=O)N1c2ccccc2NC(=O)C[C@H]1C. The van der Waals surface area contributed by atoms with Gasteiger partial charge in [-0.15, -0.1) is 0 Å². The zero-order valence-electron chi connectivity index (χ0n) is 13.7. The van der Waals surface area contributed by atoms with Gasteiger partial charge in [0.05, 0.1) is 18.0 Å². The second kappa shape index (κ2) is 6.70. The van der Waals surface area contributed by atoms with Crippen molar-refractivity contribution >= 4 is 23.2 Å². The van der Waals surface area contributed by atoms with Crippen LogP contribution >= 0.6 is 0 Å². The summed E-state index contributed by atoms with van der Waals surface area (Å²) in [5, 5.41) is 2.85. The number of ether oxygens (including phenoxy) is 1. The molecule has 0 fully saturated rings. The third-order valence-corrected chi connectivity index (χ3v) is 3.86. The summed E-state index contributed by atoms with van der Waals surface area (Å²) >= 11 is 0. The Hall–Kier alpha value is -2.89. The van der Waals surface area contributed by atoms with Crippen LogP contribution in [0, 0.1) is 0 Å². The van der Waals surface area contributed by atoms with Gasteiger partial charge in [0.1, 0.15) is 5.56 Å². The zero-order chi connectivity index (χ0) is 17.1. The van der Waals surface area contributed by atoms with Gasteiger partial charge >= 0.3 is 0 Å². The molecule has 2 aromatic rings. The van der Waals surface area contributed by atoms with Gasteiger partial charge < -0.3 is 15.0 Å². The number of aromatic nitrogens is 1. The van der Waals surface area contributed by atoms with Crippen molar-refractivity contribution in [2.24, 2.45) is 0 Å². The third kappa shape index (κ3) is 2.95. The maximum absolute atomic E-state index is 13.2. The molecule has 0 unspecified atom stereocenters. The summed E-state index contributed by atoms with van der Waals surface area (Å²) < 4.78 is 5.48. The zero-order valence-corrected chi connectivity index (χ0v) is 13.7. The van der Waals surface area contributed by atoms with E-state index >= 15 is 0 Å². The number of anilines is 2. The van der Waals surface area contributed by atoms with E-state index in [-0.39, 0.29) is 24.3 Å². The van der Waals surface area contributed by atoms with Crippen molar-refractivity contribution in [2.75, 3.05) is 16.8 Å². The Balaban J connectivity index is 2.07. The standard InChI is InChI=1S/C18H19N3O3/c1-3-24-17-13(7-6-10-19-17)18(23)21-12(2)11-16(22)20-14-8-4-5-9-15(14)21/h4-10,12H,3,11H2,1-2H3,(H,20,22)/t12-/m1/s1. The molecule has 1 aromatic heterocycles. The number of amides is 2. The van der Waals surface area contributed by atoms with Crippen LogP contribution in [0.4, 0.5) is 11.4 Å². The van der Waals surface area contributed by atoms with Crippen molar-refractivity contribution < 1.29 is 14.3 Å². The molecule has 0 radical (unpaired) electrons. The largest absolute Gasteiger partial charge is 0.477 e. The molecule has 2 amide bonds. The molecular weight excluding hydrogens is 306 g/mol. The lowest BCUT2D eigenvalue weighted by Gasteiger charge is -2.28. The molecule has 3 rings (SSSR count). The van der Waals surface area contributed by atoms with Crippen LogP contribution in [0.5, 0.6) is 5.88 Å². The van der Waals surface area contributed by atoms with Crippen molar-refractivity contribution in [3.63, 3.8) is 0 Å². The van der Waals surface area contributed by atoms with Crippen molar-refractivity contribution in [1.29, 1.82) is 0 Å². The van der Waals surface area contributed by atoms with E-state index < -0.39 is 0 Å². The number of carbonyl (C=O) groups is 2. The minimum absolute atomic E-state index is 0.110. The first kappa shape index (κ1) is 16.0. The number of hydrogen-bond donors (Lipinski definition) is 1. The summed E-state index contributed by atoms with van der Waals surface area (Å²) in [4.78, 5) is 31.0. The predicted octanol–water partition coefficient (Wildman–Crippen LogP) is 2.86. The van der Waals surface area contributed by atoms with Gasteiger partial charge in [-0.05, 0) is 38.1 Å². The van der Waals surface area contributed by atoms with Gasteiger partial charge in [-0.1, -0.05) is 12.1 Å². The molecule has 1 N–H and O–H groups in total. The van der Waals surface area contributed by atoms with Gasteiger partial charge in [0, 0.05) is 18.7 Å². The predicted molar refractivity (Wildman–Crippen MR) is 91.4 cm³/mol. The molecule has 24 heavy (non-hydrogen) atoms. The van der Waals surface area contributed by atoms with Crippen molar-refractivity contribution in [3.8, 4) is 5.88 Å². The molecule has 0 saturated heterocycles. The van der Waals surface area contributed by atoms with Crippen molar-refractivity contribution in [1.82, 2.24) is 4.98 Å². The molecule has 0 aliphatic carbocycles. The number of para-hydroxylation sites is 2. The maximum atomic E-state index is 13.2. The number of nitrogens with one attached hydrogen (secondary N) is 1. The van der Waals surface area contributed by atoms with Crippen LogP contribution in [0.2, 0.25) is 0 Å². The molecule has 6 heteroatoms. The van der Waals surface area contributed by atoms with Crippen molar-refractivity contribution in [2.45, 2.75) is 26.3 Å². The van der Waals surface area contributed by atoms with Gasteiger partial charge in [-0.3, -0.25) is 9.59 Å². The minimum atomic E-state index is -0.282. The van der Waals surface area contributed by atoms with Crippen LogP contribution in [-0.2, 0) is 4.79 Å². The van der Waals surface area contributed by atoms with Crippen LogP contribution in [0.1, 0.15) is 30.6 Å². The summed E-state index contributed by atoms with van der Waals surface area (Å²) in [5.74, 6) is -0.0392. The lowest BCUT2D eigenvalue weighted by atomic mass is 10.1. The van der Waals surface area contributed by atoms with E-state index in [0.29, 0.717) is 29.4 Å². The summed E-state index contributed by atoms with van der Waals surface area (Å²) in [5.41, 5.74) is 1.68. The first-order valence-electron chi connectivity index (χ1n) is 7.92. The van der Waals surface area contributed by atoms with E-state index in [4.69, 9.17) is 4.74 Å². The van der Waals surface area contributed by atoms with Gasteiger partial charge in [-0.25, -0.2) is 4.98 Å². The van der Waals surface area contributed by atoms with Gasteiger partial charge in [-0.2, -0.15) is 0 Å². The normalized spacial score (nSPS) is 16.8. The van der Waals surface area contributed by atoms with E-state index in [1.165, 1.54) is 0 Å². The fourth-order valence-electron chi connectivity index (χ4n) is 2.83. The number of hydrogen-bond acceptors (Lipinski definition) is 4. The Morgan fingerprint density at radius 2 is 2.12 bits per heavy atom. The third-order valence-electron chi connectivity index (χ3n) is 3.86. The maximum Gasteiger partial charge on any atom is 0.264 e. The molecule has 1 atom stereocenters. The monoisotopic (exact) mass is 325 g/mol. The average molecular weight is 325 g/mol. The number of nitrogens with zero attached hydrogens (tertiary/aromatic N) is 2. The Labute approximate surface area is 140 Å². The fourth-order valence-corrected chi connectivity index (χ4v) is 2.83. The van der Waals surface area contributed by atoms with Gasteiger partial charge in [0.25, 0.3) is 5.91 Å². The molecule has 0 bridgehead atoms. The Kier molecular flexibility index (Phi) is 4.46. The minimum Gasteiger partial charge on any atom is -0.477 e. The highest BCUT2D eigenvalue weighted by Crippen LogP contribution is 2.33. The topological polar surface area (TPSA) is 71.5 Å². The molecule has 1 aliphatic rings. The molecule has 1 aliphatic heterocycles. The first-order chi connectivity index (χ1) is 11.6. The lowest BCUT2D eigenvalue weighted by Crippen LogP contribution is -2.39. The second-order valence-corrected chi connectivity index (χ2v) is 5.58. The van der Waals surface area contributed by atoms with Crippen LogP contribution < -0.4 is 15.0 Å². The molecule has 124 valence electrons. The van der Waals surface area contributed by atoms with E-state index in [1.54, 1.807) is 29.3 Å². The smallest absolute Gasteiger partial charge is 0.264 e. The quantitative estimate of drug-likeness (QED) is 0.942. The molecule has 2 heterocycles. The number of carbonyl (C=O) groups excluding carboxylic acids is 2. The Morgan fingerprint density at radius 3 is 2.92 bits per heavy atom. The Morgan fingerprint density at radius 1 is 1.33 bits per heavy atom. The van der Waals surface area contributed by atoms with Crippen LogP contribution in [0.3, 0.4) is 0 Å². The highest BCUT2D eigenvalue weighted by atomic mass is 16.5. The highest BCUT2D eigenvalue weighted by molar-refractivity contribution is 6.12. The summed E-state index contributed by atoms with van der Waals surface area (Å²) in [6, 6.07) is 10.4. The number of pyridine rings is 1. The van der Waals surface area contributed by atoms with E-state index in [9.17, 15) is 9.59 Å². The van der Waals surface area contributed by atoms with E-state index in [0.717, 1.165) is 0 Å². The van der Waals surface area contributed by atoms with Crippen LogP contribution in [0.15, 0.2) is 42.6 Å². The van der Waals surface area contributed by atoms with Crippen molar-refractivity contribution in [3.05, 3.63) is 48.2 Å². The van der Waals surface area contributed by atoms with E-state index in [1.807, 2.05) is 32.0 Å².